The highest BCUT2D eigenvalue weighted by Crippen LogP contribution is 2.25. The largest absolute Gasteiger partial charge is 0.573 e. The summed E-state index contributed by atoms with van der Waals surface area (Å²) in [7, 11) is 0. The van der Waals surface area contributed by atoms with Gasteiger partial charge < -0.3 is 19.7 Å². The van der Waals surface area contributed by atoms with Crippen LogP contribution in [0.2, 0.25) is 0 Å². The number of benzene rings is 1. The van der Waals surface area contributed by atoms with Crippen LogP contribution in [0.25, 0.3) is 0 Å². The van der Waals surface area contributed by atoms with Crippen molar-refractivity contribution in [3.63, 3.8) is 0 Å². The Hall–Kier alpha value is -1.96. The van der Waals surface area contributed by atoms with Gasteiger partial charge in [0.2, 0.25) is 0 Å². The lowest BCUT2D eigenvalue weighted by Gasteiger charge is -2.34. The van der Waals surface area contributed by atoms with Crippen molar-refractivity contribution in [3.8, 4) is 5.75 Å². The van der Waals surface area contributed by atoms with Crippen LogP contribution in [-0.2, 0) is 4.74 Å². The third-order valence-corrected chi connectivity index (χ3v) is 3.60. The van der Waals surface area contributed by atoms with Crippen LogP contribution in [0.15, 0.2) is 24.3 Å². The summed E-state index contributed by atoms with van der Waals surface area (Å²) in [5.74, 6) is -0.295. The summed E-state index contributed by atoms with van der Waals surface area (Å²) in [6, 6.07) is 5.13. The lowest BCUT2D eigenvalue weighted by atomic mass is 10.0. The molecule has 8 heteroatoms. The van der Waals surface area contributed by atoms with Gasteiger partial charge in [-0.1, -0.05) is 12.1 Å². The molecule has 0 aromatic heterocycles. The lowest BCUT2D eigenvalue weighted by molar-refractivity contribution is -0.274. The summed E-state index contributed by atoms with van der Waals surface area (Å²) in [6.07, 6.45) is -4.20. The predicted molar refractivity (Wildman–Crippen MR) is 86.3 cm³/mol. The van der Waals surface area contributed by atoms with Gasteiger partial charge in [0.1, 0.15) is 11.4 Å². The van der Waals surface area contributed by atoms with Crippen LogP contribution in [0.3, 0.4) is 0 Å². The van der Waals surface area contributed by atoms with E-state index in [-0.39, 0.29) is 11.8 Å². The monoisotopic (exact) mass is 360 g/mol. The maximum Gasteiger partial charge on any atom is 0.573 e. The first-order valence-corrected chi connectivity index (χ1v) is 8.09. The fourth-order valence-corrected chi connectivity index (χ4v) is 2.41. The molecule has 1 fully saturated rings. The van der Waals surface area contributed by atoms with Gasteiger partial charge in [-0.25, -0.2) is 4.79 Å². The number of carbonyl (C=O) groups excluding carboxylic acids is 1. The van der Waals surface area contributed by atoms with Gasteiger partial charge >= 0.3 is 12.5 Å². The third-order valence-electron chi connectivity index (χ3n) is 3.60. The minimum Gasteiger partial charge on any atom is -0.444 e. The zero-order valence-electron chi connectivity index (χ0n) is 14.5. The first-order chi connectivity index (χ1) is 11.5. The topological polar surface area (TPSA) is 50.8 Å². The molecule has 140 valence electrons. The standard InChI is InChI=1S/C17H23F3N2O3/c1-16(2,3)25-15(23)21-14(11-22-9-4-10-22)12-5-7-13(8-6-12)24-17(18,19)20/h5-8,14H,4,9-11H2,1-3H3,(H,21,23)/t14-/m1/s1. The van der Waals surface area contributed by atoms with Crippen molar-refractivity contribution < 1.29 is 27.4 Å². The summed E-state index contributed by atoms with van der Waals surface area (Å²) in [5, 5.41) is 2.79. The second kappa shape index (κ2) is 7.51. The average molecular weight is 360 g/mol. The molecule has 0 bridgehead atoms. The molecule has 1 saturated heterocycles. The minimum atomic E-state index is -4.73. The summed E-state index contributed by atoms with van der Waals surface area (Å²) < 4.78 is 45.9. The van der Waals surface area contributed by atoms with E-state index in [4.69, 9.17) is 4.74 Å². The fourth-order valence-electron chi connectivity index (χ4n) is 2.41. The van der Waals surface area contributed by atoms with Crippen molar-refractivity contribution >= 4 is 6.09 Å². The first-order valence-electron chi connectivity index (χ1n) is 8.09. The second-order valence-electron chi connectivity index (χ2n) is 6.97. The molecule has 1 aliphatic rings. The Morgan fingerprint density at radius 2 is 1.80 bits per heavy atom. The van der Waals surface area contributed by atoms with E-state index < -0.39 is 18.1 Å². The second-order valence-corrected chi connectivity index (χ2v) is 6.97. The normalized spacial score (nSPS) is 16.7. The molecule has 1 heterocycles. The number of alkyl halides is 3. The number of hydrogen-bond acceptors (Lipinski definition) is 4. The van der Waals surface area contributed by atoms with Gasteiger partial charge in [-0.2, -0.15) is 0 Å². The lowest BCUT2D eigenvalue weighted by Crippen LogP contribution is -2.45. The molecule has 1 amide bonds. The molecule has 1 aromatic rings. The van der Waals surface area contributed by atoms with Gasteiger partial charge in [-0.05, 0) is 58.0 Å². The number of ether oxygens (including phenoxy) is 2. The van der Waals surface area contributed by atoms with Crippen LogP contribution >= 0.6 is 0 Å². The molecule has 2 rings (SSSR count). The van der Waals surface area contributed by atoms with Gasteiger partial charge in [0.05, 0.1) is 6.04 Å². The number of halogens is 3. The van der Waals surface area contributed by atoms with Crippen molar-refractivity contribution in [1.29, 1.82) is 0 Å². The summed E-state index contributed by atoms with van der Waals surface area (Å²) in [5.41, 5.74) is 0.0581. The number of nitrogens with zero attached hydrogens (tertiary/aromatic N) is 1. The Labute approximate surface area is 145 Å². The smallest absolute Gasteiger partial charge is 0.444 e. The highest BCUT2D eigenvalue weighted by Gasteiger charge is 2.31. The molecule has 0 radical (unpaired) electrons. The van der Waals surface area contributed by atoms with Crippen LogP contribution in [0.4, 0.5) is 18.0 Å². The zero-order valence-corrected chi connectivity index (χ0v) is 14.5. The summed E-state index contributed by atoms with van der Waals surface area (Å²) >= 11 is 0. The van der Waals surface area contributed by atoms with E-state index in [1.54, 1.807) is 20.8 Å². The molecular formula is C17H23F3N2O3. The number of amides is 1. The van der Waals surface area contributed by atoms with Gasteiger partial charge in [0.25, 0.3) is 0 Å². The summed E-state index contributed by atoms with van der Waals surface area (Å²) in [4.78, 5) is 14.2. The van der Waals surface area contributed by atoms with Crippen molar-refractivity contribution in [2.24, 2.45) is 0 Å². The molecule has 5 nitrogen and oxygen atoms in total. The van der Waals surface area contributed by atoms with Gasteiger partial charge in [0.15, 0.2) is 0 Å². The first kappa shape index (κ1) is 19.4. The number of rotatable bonds is 5. The molecular weight excluding hydrogens is 337 g/mol. The van der Waals surface area contributed by atoms with Gasteiger partial charge in [0, 0.05) is 6.54 Å². The van der Waals surface area contributed by atoms with Crippen LogP contribution in [0, 0.1) is 0 Å². The maximum absolute atomic E-state index is 12.3. The highest BCUT2D eigenvalue weighted by molar-refractivity contribution is 5.68. The minimum absolute atomic E-state index is 0.295. The van der Waals surface area contributed by atoms with Crippen LogP contribution < -0.4 is 10.1 Å². The number of nitrogens with one attached hydrogen (secondary N) is 1. The van der Waals surface area contributed by atoms with Gasteiger partial charge in [-0.3, -0.25) is 0 Å². The molecule has 1 N–H and O–H groups in total. The Balaban J connectivity index is 2.07. The zero-order chi connectivity index (χ0) is 18.7. The van der Waals surface area contributed by atoms with Crippen molar-refractivity contribution in [2.45, 2.75) is 45.2 Å². The number of carbonyl (C=O) groups is 1. The molecule has 1 atom stereocenters. The Morgan fingerprint density at radius 3 is 2.24 bits per heavy atom. The molecule has 1 aliphatic heterocycles. The van der Waals surface area contributed by atoms with Crippen LogP contribution in [0.5, 0.6) is 5.75 Å². The van der Waals surface area contributed by atoms with E-state index in [1.165, 1.54) is 24.3 Å². The SMILES string of the molecule is CC(C)(C)OC(=O)N[C@H](CN1CCC1)c1ccc(OC(F)(F)F)cc1. The van der Waals surface area contributed by atoms with E-state index in [0.29, 0.717) is 12.1 Å². The third kappa shape index (κ3) is 6.81. The molecule has 0 spiro atoms. The van der Waals surface area contributed by atoms with Crippen LogP contribution in [0.1, 0.15) is 38.8 Å². The Bertz CT molecular complexity index is 578. The molecule has 0 unspecified atom stereocenters. The van der Waals surface area contributed by atoms with Gasteiger partial charge in [-0.15, -0.1) is 13.2 Å². The Morgan fingerprint density at radius 1 is 1.20 bits per heavy atom. The Kier molecular flexibility index (Phi) is 5.82. The predicted octanol–water partition coefficient (Wildman–Crippen LogP) is 3.86. The van der Waals surface area contributed by atoms with Crippen molar-refractivity contribution in [2.75, 3.05) is 19.6 Å². The fraction of sp³-hybridized carbons (Fsp3) is 0.588. The van der Waals surface area contributed by atoms with E-state index in [1.807, 2.05) is 0 Å². The number of likely N-dealkylation sites (tertiary alicyclic amines) is 1. The van der Waals surface area contributed by atoms with Crippen LogP contribution in [-0.4, -0.2) is 42.6 Å². The maximum atomic E-state index is 12.3. The van der Waals surface area contributed by atoms with E-state index in [9.17, 15) is 18.0 Å². The van der Waals surface area contributed by atoms with E-state index >= 15 is 0 Å². The van der Waals surface area contributed by atoms with Crippen molar-refractivity contribution in [1.82, 2.24) is 10.2 Å². The molecule has 1 aromatic carbocycles. The van der Waals surface area contributed by atoms with Crippen molar-refractivity contribution in [3.05, 3.63) is 29.8 Å². The molecule has 25 heavy (non-hydrogen) atoms. The quantitative estimate of drug-likeness (QED) is 0.866. The number of hydrogen-bond donors (Lipinski definition) is 1. The molecule has 0 aliphatic carbocycles. The van der Waals surface area contributed by atoms with E-state index in [2.05, 4.69) is 15.0 Å². The highest BCUT2D eigenvalue weighted by atomic mass is 19.4. The number of alkyl carbamates (subject to hydrolysis) is 1. The summed E-state index contributed by atoms with van der Waals surface area (Å²) in [6.45, 7) is 7.73. The average Bonchev–Trinajstić information content (AvgIpc) is 2.38. The van der Waals surface area contributed by atoms with E-state index in [0.717, 1.165) is 19.5 Å². The molecule has 0 saturated carbocycles.